The number of nitrogens with one attached hydrogen (secondary N) is 1. The number of benzene rings is 1. The Morgan fingerprint density at radius 3 is 2.57 bits per heavy atom. The molecule has 0 spiro atoms. The monoisotopic (exact) mass is 344 g/mol. The summed E-state index contributed by atoms with van der Waals surface area (Å²) in [5.41, 5.74) is 0.616. The van der Waals surface area contributed by atoms with E-state index in [1.165, 1.54) is 13.3 Å². The SMILES string of the molecule is COC(=O)c1c[nH]c(=S)n1C(C)(C)c1ccc(Cl)c(Cl)c1. The molecule has 112 valence electrons. The van der Waals surface area contributed by atoms with Gasteiger partial charge in [-0.2, -0.15) is 0 Å². The van der Waals surface area contributed by atoms with Crippen molar-refractivity contribution in [2.24, 2.45) is 0 Å². The fourth-order valence-corrected chi connectivity index (χ4v) is 2.87. The van der Waals surface area contributed by atoms with Crippen molar-refractivity contribution >= 4 is 41.4 Å². The highest BCUT2D eigenvalue weighted by Gasteiger charge is 2.29. The lowest BCUT2D eigenvalue weighted by atomic mass is 9.93. The number of halogens is 2. The maximum Gasteiger partial charge on any atom is 0.356 e. The van der Waals surface area contributed by atoms with Crippen molar-refractivity contribution in [2.75, 3.05) is 7.11 Å². The lowest BCUT2D eigenvalue weighted by Gasteiger charge is -2.29. The zero-order valence-corrected chi connectivity index (χ0v) is 14.1. The van der Waals surface area contributed by atoms with Crippen LogP contribution in [-0.4, -0.2) is 22.6 Å². The van der Waals surface area contributed by atoms with Gasteiger partial charge >= 0.3 is 5.97 Å². The molecule has 1 N–H and O–H groups in total. The van der Waals surface area contributed by atoms with Gasteiger partial charge in [0, 0.05) is 6.20 Å². The molecule has 0 saturated carbocycles. The van der Waals surface area contributed by atoms with Crippen LogP contribution < -0.4 is 0 Å². The predicted molar refractivity (Wildman–Crippen MR) is 85.8 cm³/mol. The van der Waals surface area contributed by atoms with Crippen molar-refractivity contribution in [1.82, 2.24) is 9.55 Å². The lowest BCUT2D eigenvalue weighted by molar-refractivity contribution is 0.0583. The van der Waals surface area contributed by atoms with E-state index >= 15 is 0 Å². The molecule has 1 aromatic heterocycles. The van der Waals surface area contributed by atoms with Gasteiger partial charge in [0.1, 0.15) is 5.69 Å². The summed E-state index contributed by atoms with van der Waals surface area (Å²) in [6.45, 7) is 3.87. The quantitative estimate of drug-likeness (QED) is 0.662. The number of aromatic amines is 1. The average molecular weight is 345 g/mol. The number of aromatic nitrogens is 2. The zero-order valence-electron chi connectivity index (χ0n) is 11.7. The molecular formula is C14H14Cl2N2O2S. The molecule has 0 bridgehead atoms. The van der Waals surface area contributed by atoms with Crippen LogP contribution in [0.1, 0.15) is 29.9 Å². The summed E-state index contributed by atoms with van der Waals surface area (Å²) < 4.78 is 6.92. The number of H-pyrrole nitrogens is 1. The van der Waals surface area contributed by atoms with E-state index in [9.17, 15) is 4.79 Å². The molecule has 0 amide bonds. The molecule has 0 aliphatic carbocycles. The van der Waals surface area contributed by atoms with Crippen molar-refractivity contribution < 1.29 is 9.53 Å². The number of esters is 1. The number of ether oxygens (including phenoxy) is 1. The largest absolute Gasteiger partial charge is 0.464 e. The lowest BCUT2D eigenvalue weighted by Crippen LogP contribution is -2.31. The number of methoxy groups -OCH3 is 1. The number of hydrogen-bond donors (Lipinski definition) is 1. The van der Waals surface area contributed by atoms with E-state index in [4.69, 9.17) is 40.2 Å². The van der Waals surface area contributed by atoms with E-state index in [-0.39, 0.29) is 0 Å². The highest BCUT2D eigenvalue weighted by molar-refractivity contribution is 7.71. The van der Waals surface area contributed by atoms with E-state index in [2.05, 4.69) is 4.98 Å². The first-order valence-electron chi connectivity index (χ1n) is 6.13. The first-order chi connectivity index (χ1) is 9.78. The normalized spacial score (nSPS) is 11.5. The van der Waals surface area contributed by atoms with Crippen LogP contribution in [-0.2, 0) is 10.3 Å². The molecule has 1 heterocycles. The van der Waals surface area contributed by atoms with Gasteiger partial charge in [-0.1, -0.05) is 29.3 Å². The standard InChI is InChI=1S/C14H14Cl2N2O2S/c1-14(2,8-4-5-9(15)10(16)6-8)18-11(12(19)20-3)7-17-13(18)21/h4-7H,1-3H3,(H,17,21). The maximum atomic E-state index is 11.9. The summed E-state index contributed by atoms with van der Waals surface area (Å²) in [5, 5.41) is 0.922. The molecule has 21 heavy (non-hydrogen) atoms. The highest BCUT2D eigenvalue weighted by atomic mass is 35.5. The van der Waals surface area contributed by atoms with Crippen LogP contribution in [0.2, 0.25) is 10.0 Å². The van der Waals surface area contributed by atoms with Crippen LogP contribution in [0.3, 0.4) is 0 Å². The summed E-state index contributed by atoms with van der Waals surface area (Å²) in [6, 6.07) is 5.33. The second kappa shape index (κ2) is 5.83. The number of nitrogens with zero attached hydrogens (tertiary/aromatic N) is 1. The third kappa shape index (κ3) is 2.86. The van der Waals surface area contributed by atoms with E-state index in [0.29, 0.717) is 20.5 Å². The zero-order chi connectivity index (χ0) is 15.8. The average Bonchev–Trinajstić information content (AvgIpc) is 2.83. The summed E-state index contributed by atoms with van der Waals surface area (Å²) in [6.07, 6.45) is 1.54. The Morgan fingerprint density at radius 2 is 2.00 bits per heavy atom. The first kappa shape index (κ1) is 16.1. The molecule has 4 nitrogen and oxygen atoms in total. The Balaban J connectivity index is 2.63. The second-order valence-corrected chi connectivity index (χ2v) is 6.20. The predicted octanol–water partition coefficient (Wildman–Crippen LogP) is 4.42. The first-order valence-corrected chi connectivity index (χ1v) is 7.30. The summed E-state index contributed by atoms with van der Waals surface area (Å²) in [7, 11) is 1.33. The molecular weight excluding hydrogens is 331 g/mol. The third-order valence-electron chi connectivity index (χ3n) is 3.36. The molecule has 0 aliphatic heterocycles. The molecule has 0 atom stereocenters. The van der Waals surface area contributed by atoms with Gasteiger partial charge in [-0.15, -0.1) is 0 Å². The Labute approximate surface area is 137 Å². The number of rotatable bonds is 3. The Morgan fingerprint density at radius 1 is 1.33 bits per heavy atom. The Hall–Kier alpha value is -1.30. The van der Waals surface area contributed by atoms with Crippen LogP contribution in [0.4, 0.5) is 0 Å². The molecule has 0 unspecified atom stereocenters. The van der Waals surface area contributed by atoms with E-state index < -0.39 is 11.5 Å². The summed E-state index contributed by atoms with van der Waals surface area (Å²) >= 11 is 17.3. The van der Waals surface area contributed by atoms with Crippen LogP contribution in [0.5, 0.6) is 0 Å². The molecule has 1 aromatic carbocycles. The van der Waals surface area contributed by atoms with Gasteiger partial charge in [0.2, 0.25) is 0 Å². The summed E-state index contributed by atoms with van der Waals surface area (Å²) in [4.78, 5) is 14.8. The minimum atomic E-state index is -0.602. The molecule has 0 aliphatic rings. The fraction of sp³-hybridized carbons (Fsp3) is 0.286. The minimum absolute atomic E-state index is 0.346. The number of hydrogen-bond acceptors (Lipinski definition) is 3. The van der Waals surface area contributed by atoms with Gasteiger partial charge in [0.05, 0.1) is 22.7 Å². The van der Waals surface area contributed by atoms with Crippen molar-refractivity contribution in [1.29, 1.82) is 0 Å². The van der Waals surface area contributed by atoms with E-state index in [1.807, 2.05) is 19.9 Å². The van der Waals surface area contributed by atoms with Crippen molar-refractivity contribution in [3.8, 4) is 0 Å². The highest BCUT2D eigenvalue weighted by Crippen LogP contribution is 2.32. The van der Waals surface area contributed by atoms with Crippen LogP contribution >= 0.6 is 35.4 Å². The van der Waals surface area contributed by atoms with Gasteiger partial charge in [0.15, 0.2) is 4.77 Å². The van der Waals surface area contributed by atoms with Gasteiger partial charge in [0.25, 0.3) is 0 Å². The Bertz CT molecular complexity index is 750. The number of carbonyl (C=O) groups is 1. The van der Waals surface area contributed by atoms with Crippen LogP contribution in [0.15, 0.2) is 24.4 Å². The number of imidazole rings is 1. The molecule has 2 aromatic rings. The topological polar surface area (TPSA) is 47.0 Å². The van der Waals surface area contributed by atoms with Gasteiger partial charge in [-0.3, -0.25) is 0 Å². The molecule has 7 heteroatoms. The van der Waals surface area contributed by atoms with Gasteiger partial charge < -0.3 is 14.3 Å². The molecule has 2 rings (SSSR count). The van der Waals surface area contributed by atoms with Crippen molar-refractivity contribution in [3.05, 3.63) is 50.5 Å². The second-order valence-electron chi connectivity index (χ2n) is 4.99. The molecule has 0 saturated heterocycles. The van der Waals surface area contributed by atoms with Crippen LogP contribution in [0.25, 0.3) is 0 Å². The third-order valence-corrected chi connectivity index (χ3v) is 4.40. The minimum Gasteiger partial charge on any atom is -0.464 e. The van der Waals surface area contributed by atoms with E-state index in [0.717, 1.165) is 5.56 Å². The summed E-state index contributed by atoms with van der Waals surface area (Å²) in [5.74, 6) is -0.463. The fourth-order valence-electron chi connectivity index (χ4n) is 2.18. The smallest absolute Gasteiger partial charge is 0.356 e. The molecule has 0 radical (unpaired) electrons. The van der Waals surface area contributed by atoms with Crippen molar-refractivity contribution in [3.63, 3.8) is 0 Å². The maximum absolute atomic E-state index is 11.9. The Kier molecular flexibility index (Phi) is 4.46. The number of carbonyl (C=O) groups excluding carboxylic acids is 1. The van der Waals surface area contributed by atoms with E-state index in [1.54, 1.807) is 16.7 Å². The van der Waals surface area contributed by atoms with Gasteiger partial charge in [-0.05, 0) is 43.8 Å². The molecule has 0 fully saturated rings. The van der Waals surface area contributed by atoms with Gasteiger partial charge in [-0.25, -0.2) is 4.79 Å². The van der Waals surface area contributed by atoms with Crippen molar-refractivity contribution in [2.45, 2.75) is 19.4 Å². The van der Waals surface area contributed by atoms with Crippen LogP contribution in [0, 0.1) is 4.77 Å².